The van der Waals surface area contributed by atoms with Gasteiger partial charge in [-0.05, 0) is 64.9 Å². The summed E-state index contributed by atoms with van der Waals surface area (Å²) >= 11 is 3.31. The predicted octanol–water partition coefficient (Wildman–Crippen LogP) is 7.07. The number of halogens is 1. The van der Waals surface area contributed by atoms with Crippen molar-refractivity contribution in [1.82, 2.24) is 64.3 Å². The van der Waals surface area contributed by atoms with E-state index < -0.39 is 0 Å². The molecule has 2 saturated heterocycles. The molecule has 17 heteroatoms. The first kappa shape index (κ1) is 41.3. The van der Waals surface area contributed by atoms with Crippen LogP contribution in [-0.4, -0.2) is 97.4 Å². The third-order valence-corrected chi connectivity index (χ3v) is 10.8. The highest BCUT2D eigenvalue weighted by Crippen LogP contribution is 2.31. The standard InChI is InChI=1S/C22H23N7O.C16H19N7O.C6H5Br/c1-3-29-20(16-11-23-15(2)24-12-16)27-19-21(29)25-14-26-22(19)30-18-9-10-28(13-18)17-7-5-4-6-8-17;1-3-23-14(11-6-18-10(2)19-7-11)22-13-15(23)20-9-21-16(13)24-12-4-5-17-8-12;7-6-4-2-1-3-5-6/h4-8,11-12,14,18H,3,9-10,13H2,1-2H3;6-7,9,12,17H,3-5,8H2,1-2H3;1-5H/t18-;12-;/m00./s1. The van der Waals surface area contributed by atoms with E-state index in [1.807, 2.05) is 59.4 Å². The maximum absolute atomic E-state index is 6.31. The Morgan fingerprint density at radius 1 is 0.639 bits per heavy atom. The van der Waals surface area contributed by atoms with Crippen molar-refractivity contribution in [2.75, 3.05) is 31.1 Å². The van der Waals surface area contributed by atoms with Crippen LogP contribution in [0.3, 0.4) is 0 Å². The van der Waals surface area contributed by atoms with E-state index in [1.54, 1.807) is 31.1 Å². The summed E-state index contributed by atoms with van der Waals surface area (Å²) in [5, 5.41) is 3.29. The van der Waals surface area contributed by atoms with Crippen LogP contribution < -0.4 is 19.7 Å². The summed E-state index contributed by atoms with van der Waals surface area (Å²) in [6.45, 7) is 12.9. The molecular weight excluding hydrogens is 836 g/mol. The fourth-order valence-corrected chi connectivity index (χ4v) is 7.52. The zero-order chi connectivity index (χ0) is 42.1. The third-order valence-electron chi connectivity index (χ3n) is 10.3. The molecule has 10 rings (SSSR count). The maximum Gasteiger partial charge on any atom is 0.245 e. The Kier molecular flexibility index (Phi) is 13.1. The van der Waals surface area contributed by atoms with Gasteiger partial charge in [-0.15, -0.1) is 0 Å². The minimum Gasteiger partial charge on any atom is -0.471 e. The van der Waals surface area contributed by atoms with Crippen LogP contribution >= 0.6 is 15.9 Å². The van der Waals surface area contributed by atoms with Crippen molar-refractivity contribution < 1.29 is 9.47 Å². The molecule has 0 aliphatic carbocycles. The number of nitrogens with zero attached hydrogens (tertiary/aromatic N) is 13. The van der Waals surface area contributed by atoms with Crippen LogP contribution in [-0.2, 0) is 13.1 Å². The highest BCUT2D eigenvalue weighted by atomic mass is 79.9. The van der Waals surface area contributed by atoms with Crippen LogP contribution in [0.15, 0.2) is 103 Å². The average molecular weight is 884 g/mol. The summed E-state index contributed by atoms with van der Waals surface area (Å²) < 4.78 is 17.6. The van der Waals surface area contributed by atoms with Crippen molar-refractivity contribution in [3.8, 4) is 34.5 Å². The van der Waals surface area contributed by atoms with Gasteiger partial charge in [-0.1, -0.05) is 52.3 Å². The van der Waals surface area contributed by atoms with E-state index in [1.165, 1.54) is 12.0 Å². The van der Waals surface area contributed by atoms with Gasteiger partial charge in [0.2, 0.25) is 11.8 Å². The molecule has 1 N–H and O–H groups in total. The van der Waals surface area contributed by atoms with Gasteiger partial charge in [0.05, 0.1) is 17.7 Å². The molecule has 0 bridgehead atoms. The zero-order valence-corrected chi connectivity index (χ0v) is 36.1. The lowest BCUT2D eigenvalue weighted by Gasteiger charge is -2.18. The van der Waals surface area contributed by atoms with E-state index in [2.05, 4.69) is 104 Å². The van der Waals surface area contributed by atoms with Gasteiger partial charge in [-0.25, -0.2) is 39.9 Å². The molecule has 2 aliphatic rings. The molecule has 8 aromatic rings. The van der Waals surface area contributed by atoms with Gasteiger partial charge < -0.3 is 28.8 Å². The van der Waals surface area contributed by atoms with Crippen LogP contribution in [0, 0.1) is 13.8 Å². The first-order valence-corrected chi connectivity index (χ1v) is 21.2. The van der Waals surface area contributed by atoms with Crippen LogP contribution in [0.4, 0.5) is 5.69 Å². The highest BCUT2D eigenvalue weighted by Gasteiger charge is 2.27. The summed E-state index contributed by atoms with van der Waals surface area (Å²) in [6, 6.07) is 20.4. The first-order valence-electron chi connectivity index (χ1n) is 20.4. The Hall–Kier alpha value is -6.46. The van der Waals surface area contributed by atoms with Crippen LogP contribution in [0.5, 0.6) is 11.8 Å². The lowest BCUT2D eigenvalue weighted by atomic mass is 10.3. The summed E-state index contributed by atoms with van der Waals surface area (Å²) in [5.41, 5.74) is 5.81. The number of nitrogens with one attached hydrogen (secondary N) is 1. The Morgan fingerprint density at radius 2 is 1.15 bits per heavy atom. The average Bonchev–Trinajstić information content (AvgIpc) is 4.12. The number of fused-ring (bicyclic) bond motifs is 2. The number of hydrogen-bond donors (Lipinski definition) is 1. The van der Waals surface area contributed by atoms with Crippen LogP contribution in [0.25, 0.3) is 45.1 Å². The van der Waals surface area contributed by atoms with Gasteiger partial charge in [-0.2, -0.15) is 9.97 Å². The quantitative estimate of drug-likeness (QED) is 0.156. The molecule has 0 radical (unpaired) electrons. The van der Waals surface area contributed by atoms with E-state index in [0.717, 1.165) is 102 Å². The summed E-state index contributed by atoms with van der Waals surface area (Å²) in [7, 11) is 0. The second-order valence-electron chi connectivity index (χ2n) is 14.4. The van der Waals surface area contributed by atoms with Gasteiger partial charge in [-0.3, -0.25) is 0 Å². The number of aromatic nitrogens is 12. The van der Waals surface area contributed by atoms with Gasteiger partial charge in [0.15, 0.2) is 22.3 Å². The maximum atomic E-state index is 6.31. The molecule has 0 spiro atoms. The van der Waals surface area contributed by atoms with Crippen molar-refractivity contribution in [3.05, 3.63) is 114 Å². The van der Waals surface area contributed by atoms with Gasteiger partial charge in [0.25, 0.3) is 0 Å². The lowest BCUT2D eigenvalue weighted by Crippen LogP contribution is -2.24. The Labute approximate surface area is 362 Å². The van der Waals surface area contributed by atoms with Gasteiger partial charge >= 0.3 is 0 Å². The first-order chi connectivity index (χ1) is 29.9. The largest absolute Gasteiger partial charge is 0.471 e. The number of ether oxygens (including phenoxy) is 2. The summed E-state index contributed by atoms with van der Waals surface area (Å²) in [5.74, 6) is 4.08. The molecule has 2 fully saturated rings. The smallest absolute Gasteiger partial charge is 0.245 e. The fourth-order valence-electron chi connectivity index (χ4n) is 7.22. The molecule has 0 amide bonds. The van der Waals surface area contributed by atoms with E-state index in [4.69, 9.17) is 19.4 Å². The van der Waals surface area contributed by atoms with E-state index >= 15 is 0 Å². The summed E-state index contributed by atoms with van der Waals surface area (Å²) in [4.78, 5) is 46.6. The zero-order valence-electron chi connectivity index (χ0n) is 34.6. The Morgan fingerprint density at radius 3 is 1.61 bits per heavy atom. The van der Waals surface area contributed by atoms with Crippen LogP contribution in [0.1, 0.15) is 38.3 Å². The number of hydrogen-bond acceptors (Lipinski definition) is 14. The molecule has 16 nitrogen and oxygen atoms in total. The number of para-hydroxylation sites is 1. The number of imidazole rings is 2. The normalized spacial score (nSPS) is 15.9. The van der Waals surface area contributed by atoms with Crippen molar-refractivity contribution in [3.63, 3.8) is 0 Å². The molecule has 2 aromatic carbocycles. The SMILES string of the molecule is Brc1ccccc1.CCn1c(-c2cnc(C)nc2)nc2c(O[C@H]3CCN(c4ccccc4)C3)ncnc21.CCn1c(-c2cnc(C)nc2)nc2c(O[C@H]3CCNC3)ncnc21. The summed E-state index contributed by atoms with van der Waals surface area (Å²) in [6.07, 6.45) is 12.3. The Bertz CT molecular complexity index is 2650. The fraction of sp³-hybridized carbons (Fsp3) is 0.318. The Balaban J connectivity index is 0.000000148. The molecule has 0 unspecified atom stereocenters. The minimum atomic E-state index is 0.0567. The molecule has 2 atom stereocenters. The minimum absolute atomic E-state index is 0.0567. The number of benzene rings is 2. The second-order valence-corrected chi connectivity index (χ2v) is 15.4. The molecule has 8 heterocycles. The number of anilines is 1. The molecule has 2 aliphatic heterocycles. The van der Waals surface area contributed by atoms with Gasteiger partial charge in [0, 0.05) is 67.5 Å². The molecular formula is C44H47BrN14O2. The predicted molar refractivity (Wildman–Crippen MR) is 237 cm³/mol. The highest BCUT2D eigenvalue weighted by molar-refractivity contribution is 9.10. The topological polar surface area (TPSA) is 172 Å². The number of aryl methyl sites for hydroxylation is 4. The van der Waals surface area contributed by atoms with Crippen molar-refractivity contribution in [2.45, 2.75) is 65.8 Å². The molecule has 6 aromatic heterocycles. The van der Waals surface area contributed by atoms with E-state index in [-0.39, 0.29) is 12.2 Å². The number of rotatable bonds is 9. The van der Waals surface area contributed by atoms with Crippen molar-refractivity contribution in [1.29, 1.82) is 0 Å². The van der Waals surface area contributed by atoms with E-state index in [0.29, 0.717) is 22.8 Å². The van der Waals surface area contributed by atoms with Crippen LogP contribution in [0.2, 0.25) is 0 Å². The van der Waals surface area contributed by atoms with Crippen molar-refractivity contribution >= 4 is 43.9 Å². The third kappa shape index (κ3) is 9.63. The monoisotopic (exact) mass is 882 g/mol. The van der Waals surface area contributed by atoms with Crippen molar-refractivity contribution in [2.24, 2.45) is 0 Å². The lowest BCUT2D eigenvalue weighted by molar-refractivity contribution is 0.216. The van der Waals surface area contributed by atoms with Gasteiger partial charge in [0.1, 0.15) is 48.2 Å². The van der Waals surface area contributed by atoms with E-state index in [9.17, 15) is 0 Å². The molecule has 312 valence electrons. The molecule has 0 saturated carbocycles. The second kappa shape index (κ2) is 19.3. The molecule has 61 heavy (non-hydrogen) atoms.